The van der Waals surface area contributed by atoms with Crippen LogP contribution in [0, 0.1) is 5.92 Å². The molecular formula is C15H22Br2N2. The normalized spacial score (nSPS) is 20.2. The van der Waals surface area contributed by atoms with Crippen molar-refractivity contribution in [2.45, 2.75) is 26.3 Å². The molecule has 2 atom stereocenters. The van der Waals surface area contributed by atoms with Crippen LogP contribution in [0.2, 0.25) is 0 Å². The highest BCUT2D eigenvalue weighted by atomic mass is 79.9. The van der Waals surface area contributed by atoms with E-state index >= 15 is 0 Å². The molecule has 2 rings (SSSR count). The average molecular weight is 390 g/mol. The second kappa shape index (κ2) is 7.21. The number of halogens is 2. The Morgan fingerprint density at radius 3 is 2.58 bits per heavy atom. The van der Waals surface area contributed by atoms with Crippen LogP contribution in [-0.2, 0) is 0 Å². The van der Waals surface area contributed by atoms with Gasteiger partial charge in [-0.25, -0.2) is 0 Å². The van der Waals surface area contributed by atoms with E-state index in [9.17, 15) is 0 Å². The monoisotopic (exact) mass is 388 g/mol. The summed E-state index contributed by atoms with van der Waals surface area (Å²) in [5, 5.41) is 3.44. The second-order valence-corrected chi connectivity index (χ2v) is 7.05. The molecule has 106 valence electrons. The van der Waals surface area contributed by atoms with Crippen LogP contribution in [0.15, 0.2) is 27.1 Å². The van der Waals surface area contributed by atoms with Gasteiger partial charge in [-0.15, -0.1) is 0 Å². The van der Waals surface area contributed by atoms with E-state index in [-0.39, 0.29) is 0 Å². The first-order valence-electron chi connectivity index (χ1n) is 7.03. The summed E-state index contributed by atoms with van der Waals surface area (Å²) >= 11 is 7.34. The Morgan fingerprint density at radius 1 is 1.26 bits per heavy atom. The van der Waals surface area contributed by atoms with E-state index in [0.717, 1.165) is 30.7 Å². The van der Waals surface area contributed by atoms with Gasteiger partial charge in [-0.3, -0.25) is 4.90 Å². The van der Waals surface area contributed by atoms with Gasteiger partial charge in [0.15, 0.2) is 0 Å². The Balaban J connectivity index is 2.33. The molecule has 0 aromatic heterocycles. The Hall–Kier alpha value is 0.1000. The summed E-state index contributed by atoms with van der Waals surface area (Å²) in [7, 11) is 0. The zero-order valence-electron chi connectivity index (χ0n) is 11.6. The summed E-state index contributed by atoms with van der Waals surface area (Å²) in [5.74, 6) is 0.656. The molecule has 2 nitrogen and oxygen atoms in total. The summed E-state index contributed by atoms with van der Waals surface area (Å²) in [6.07, 6.45) is 1.20. The zero-order chi connectivity index (χ0) is 13.8. The van der Waals surface area contributed by atoms with E-state index < -0.39 is 0 Å². The summed E-state index contributed by atoms with van der Waals surface area (Å²) in [6, 6.07) is 7.01. The highest BCUT2D eigenvalue weighted by Crippen LogP contribution is 2.36. The lowest BCUT2D eigenvalue weighted by Gasteiger charge is -2.39. The van der Waals surface area contributed by atoms with Crippen LogP contribution in [-0.4, -0.2) is 31.1 Å². The minimum Gasteiger partial charge on any atom is -0.314 e. The van der Waals surface area contributed by atoms with Crippen molar-refractivity contribution < 1.29 is 0 Å². The van der Waals surface area contributed by atoms with Gasteiger partial charge in [-0.1, -0.05) is 52.1 Å². The molecule has 1 aliphatic rings. The number of nitrogens with zero attached hydrogens (tertiary/aromatic N) is 1. The van der Waals surface area contributed by atoms with Crippen molar-refractivity contribution in [3.8, 4) is 0 Å². The molecule has 1 aliphatic heterocycles. The highest BCUT2D eigenvalue weighted by molar-refractivity contribution is 9.11. The fraction of sp³-hybridized carbons (Fsp3) is 0.600. The first kappa shape index (κ1) is 15.5. The van der Waals surface area contributed by atoms with Gasteiger partial charge in [-0.05, 0) is 29.7 Å². The molecule has 1 unspecified atom stereocenters. The molecule has 1 heterocycles. The molecule has 4 heteroatoms. The van der Waals surface area contributed by atoms with E-state index in [2.05, 4.69) is 74.1 Å². The van der Waals surface area contributed by atoms with E-state index in [1.165, 1.54) is 16.5 Å². The summed E-state index contributed by atoms with van der Waals surface area (Å²) < 4.78 is 2.38. The van der Waals surface area contributed by atoms with Gasteiger partial charge in [-0.2, -0.15) is 0 Å². The maximum atomic E-state index is 3.73. The fourth-order valence-electron chi connectivity index (χ4n) is 2.79. The number of benzene rings is 1. The predicted molar refractivity (Wildman–Crippen MR) is 88.5 cm³/mol. The van der Waals surface area contributed by atoms with Crippen LogP contribution in [0.4, 0.5) is 0 Å². The number of nitrogens with one attached hydrogen (secondary N) is 1. The van der Waals surface area contributed by atoms with E-state index in [0.29, 0.717) is 12.0 Å². The number of hydrogen-bond donors (Lipinski definition) is 1. The minimum absolute atomic E-state index is 0.499. The van der Waals surface area contributed by atoms with Crippen LogP contribution in [0.25, 0.3) is 0 Å². The Morgan fingerprint density at radius 2 is 1.95 bits per heavy atom. The third kappa shape index (κ3) is 3.81. The smallest absolute Gasteiger partial charge is 0.0386 e. The van der Waals surface area contributed by atoms with Crippen LogP contribution >= 0.6 is 31.9 Å². The number of hydrogen-bond acceptors (Lipinski definition) is 2. The van der Waals surface area contributed by atoms with Gasteiger partial charge in [0.05, 0.1) is 0 Å². The van der Waals surface area contributed by atoms with Gasteiger partial charge in [0.1, 0.15) is 0 Å². The maximum absolute atomic E-state index is 3.73. The topological polar surface area (TPSA) is 15.3 Å². The van der Waals surface area contributed by atoms with Crippen molar-refractivity contribution in [2.75, 3.05) is 26.2 Å². The molecule has 0 radical (unpaired) electrons. The molecule has 0 saturated carbocycles. The average Bonchev–Trinajstić information content (AvgIpc) is 2.44. The number of piperazine rings is 1. The molecule has 19 heavy (non-hydrogen) atoms. The molecular weight excluding hydrogens is 368 g/mol. The van der Waals surface area contributed by atoms with E-state index in [1.807, 2.05) is 0 Å². The largest absolute Gasteiger partial charge is 0.314 e. The Bertz CT molecular complexity index is 417. The van der Waals surface area contributed by atoms with Crippen molar-refractivity contribution in [3.05, 3.63) is 32.7 Å². The lowest BCUT2D eigenvalue weighted by Crippen LogP contribution is -2.46. The molecule has 0 spiro atoms. The first-order chi connectivity index (χ1) is 9.13. The van der Waals surface area contributed by atoms with Gasteiger partial charge in [0.25, 0.3) is 0 Å². The third-order valence-corrected chi connectivity index (χ3v) is 5.22. The van der Waals surface area contributed by atoms with Gasteiger partial charge in [0, 0.05) is 41.2 Å². The van der Waals surface area contributed by atoms with Crippen LogP contribution in [0.5, 0.6) is 0 Å². The number of rotatable bonds is 4. The Labute approximate surface area is 133 Å². The minimum atomic E-state index is 0.499. The lowest BCUT2D eigenvalue weighted by molar-refractivity contribution is 0.128. The van der Waals surface area contributed by atoms with Gasteiger partial charge < -0.3 is 5.32 Å². The predicted octanol–water partition coefficient (Wildman–Crippen LogP) is 4.20. The molecule has 1 saturated heterocycles. The van der Waals surface area contributed by atoms with E-state index in [4.69, 9.17) is 0 Å². The fourth-order valence-corrected chi connectivity index (χ4v) is 3.65. The van der Waals surface area contributed by atoms with Crippen molar-refractivity contribution in [1.29, 1.82) is 0 Å². The first-order valence-corrected chi connectivity index (χ1v) is 8.61. The standard InChI is InChI=1S/C15H22Br2N2/c1-3-11(2)15(19-8-6-18-7-9-19)13-10-12(16)4-5-14(13)17/h4-5,10-11,15,18H,3,6-9H2,1-2H3/t11?,15-/m1/s1. The quantitative estimate of drug-likeness (QED) is 0.829. The SMILES string of the molecule is CCC(C)[C@H](c1cc(Br)ccc1Br)N1CCNCC1. The molecule has 1 aromatic carbocycles. The van der Waals surface area contributed by atoms with Crippen molar-refractivity contribution in [1.82, 2.24) is 10.2 Å². The zero-order valence-corrected chi connectivity index (χ0v) is 14.8. The van der Waals surface area contributed by atoms with Crippen LogP contribution in [0.1, 0.15) is 31.9 Å². The molecule has 1 aromatic rings. The van der Waals surface area contributed by atoms with Gasteiger partial charge in [0.2, 0.25) is 0 Å². The van der Waals surface area contributed by atoms with Crippen LogP contribution < -0.4 is 5.32 Å². The van der Waals surface area contributed by atoms with Gasteiger partial charge >= 0.3 is 0 Å². The molecule has 1 N–H and O–H groups in total. The van der Waals surface area contributed by atoms with Crippen molar-refractivity contribution in [3.63, 3.8) is 0 Å². The molecule has 0 aliphatic carbocycles. The highest BCUT2D eigenvalue weighted by Gasteiger charge is 2.27. The molecule has 1 fully saturated rings. The maximum Gasteiger partial charge on any atom is 0.0386 e. The van der Waals surface area contributed by atoms with Crippen molar-refractivity contribution in [2.24, 2.45) is 5.92 Å². The van der Waals surface area contributed by atoms with Crippen LogP contribution in [0.3, 0.4) is 0 Å². The Kier molecular flexibility index (Phi) is 5.87. The molecule has 0 amide bonds. The summed E-state index contributed by atoms with van der Waals surface area (Å²) in [4.78, 5) is 2.62. The summed E-state index contributed by atoms with van der Waals surface area (Å²) in [5.41, 5.74) is 1.41. The van der Waals surface area contributed by atoms with E-state index in [1.54, 1.807) is 0 Å². The summed E-state index contributed by atoms with van der Waals surface area (Å²) in [6.45, 7) is 9.10. The second-order valence-electron chi connectivity index (χ2n) is 5.28. The van der Waals surface area contributed by atoms with Crippen molar-refractivity contribution >= 4 is 31.9 Å². The third-order valence-electron chi connectivity index (χ3n) is 4.00. The molecule has 0 bridgehead atoms. The lowest BCUT2D eigenvalue weighted by atomic mass is 9.90.